The second kappa shape index (κ2) is 5.74. The van der Waals surface area contributed by atoms with Gasteiger partial charge in [0.15, 0.2) is 0 Å². The van der Waals surface area contributed by atoms with Crippen LogP contribution in [0.2, 0.25) is 0 Å². The van der Waals surface area contributed by atoms with Gasteiger partial charge >= 0.3 is 0 Å². The number of primary sulfonamides is 1. The second-order valence-corrected chi connectivity index (χ2v) is 6.54. The molecule has 108 valence electrons. The van der Waals surface area contributed by atoms with E-state index in [4.69, 9.17) is 9.88 Å². The molecule has 0 aromatic heterocycles. The van der Waals surface area contributed by atoms with Crippen molar-refractivity contribution in [2.75, 3.05) is 18.4 Å². The van der Waals surface area contributed by atoms with Crippen LogP contribution in [0, 0.1) is 0 Å². The Balaban J connectivity index is 3.20. The lowest BCUT2D eigenvalue weighted by Crippen LogP contribution is -2.29. The summed E-state index contributed by atoms with van der Waals surface area (Å²) in [5, 5.41) is 5.02. The zero-order valence-corrected chi connectivity index (χ0v) is 12.0. The molecule has 0 atom stereocenters. The second-order valence-electron chi connectivity index (χ2n) is 3.51. The Bertz CT molecular complexity index is 654. The molecule has 1 aromatic carbocycles. The van der Waals surface area contributed by atoms with Crippen molar-refractivity contribution in [2.45, 2.75) is 11.8 Å². The van der Waals surface area contributed by atoms with Crippen LogP contribution >= 0.6 is 0 Å². The summed E-state index contributed by atoms with van der Waals surface area (Å²) in [7, 11) is -6.47. The first kappa shape index (κ1) is 15.7. The minimum atomic E-state index is -4.02. The van der Waals surface area contributed by atoms with E-state index in [0.29, 0.717) is 0 Å². The van der Waals surface area contributed by atoms with Crippen molar-refractivity contribution < 1.29 is 21.6 Å². The van der Waals surface area contributed by atoms with Crippen molar-refractivity contribution in [3.8, 4) is 5.75 Å². The van der Waals surface area contributed by atoms with Gasteiger partial charge in [0.1, 0.15) is 10.6 Å². The topological polar surface area (TPSA) is 128 Å². The Morgan fingerprint density at radius 1 is 1.26 bits per heavy atom. The quantitative estimate of drug-likeness (QED) is 0.659. The fraction of sp³-hybridized carbons (Fsp3) is 0.333. The van der Waals surface area contributed by atoms with E-state index in [9.17, 15) is 16.8 Å². The molecule has 0 saturated carbocycles. The van der Waals surface area contributed by atoms with Crippen molar-refractivity contribution in [2.24, 2.45) is 5.14 Å². The van der Waals surface area contributed by atoms with Gasteiger partial charge in [-0.3, -0.25) is 4.72 Å². The van der Waals surface area contributed by atoms with Gasteiger partial charge in [0.2, 0.25) is 10.0 Å². The van der Waals surface area contributed by atoms with Crippen LogP contribution in [0.1, 0.15) is 6.92 Å². The predicted molar refractivity (Wildman–Crippen MR) is 70.6 cm³/mol. The van der Waals surface area contributed by atoms with E-state index in [1.807, 2.05) is 0 Å². The molecule has 10 heteroatoms. The minimum absolute atomic E-state index is 0.0360. The van der Waals surface area contributed by atoms with Gasteiger partial charge in [-0.1, -0.05) is 6.92 Å². The monoisotopic (exact) mass is 309 g/mol. The number of hydrogen-bond donors (Lipinski definition) is 3. The van der Waals surface area contributed by atoms with Crippen LogP contribution in [0.5, 0.6) is 5.75 Å². The van der Waals surface area contributed by atoms with Crippen molar-refractivity contribution in [1.29, 1.82) is 0 Å². The van der Waals surface area contributed by atoms with Crippen LogP contribution < -0.4 is 19.3 Å². The fourth-order valence-corrected chi connectivity index (χ4v) is 2.96. The molecule has 0 fully saturated rings. The molecular weight excluding hydrogens is 294 g/mol. The Morgan fingerprint density at radius 3 is 2.37 bits per heavy atom. The molecule has 8 nitrogen and oxygen atoms in total. The smallest absolute Gasteiger partial charge is 0.299 e. The number of nitrogens with one attached hydrogen (secondary N) is 2. The van der Waals surface area contributed by atoms with E-state index in [1.54, 1.807) is 6.92 Å². The molecule has 0 aliphatic heterocycles. The molecule has 0 aliphatic carbocycles. The minimum Gasteiger partial charge on any atom is -0.495 e. The molecule has 1 rings (SSSR count). The predicted octanol–water partition coefficient (Wildman–Crippen LogP) is -0.391. The number of sulfonamides is 1. The summed E-state index contributed by atoms with van der Waals surface area (Å²) in [4.78, 5) is -0.299. The van der Waals surface area contributed by atoms with E-state index in [1.165, 1.54) is 19.2 Å². The zero-order valence-electron chi connectivity index (χ0n) is 10.4. The molecule has 4 N–H and O–H groups in total. The van der Waals surface area contributed by atoms with Crippen molar-refractivity contribution in [1.82, 2.24) is 4.72 Å². The van der Waals surface area contributed by atoms with E-state index in [-0.39, 0.29) is 22.9 Å². The third kappa shape index (κ3) is 4.35. The van der Waals surface area contributed by atoms with Crippen molar-refractivity contribution in [3.63, 3.8) is 0 Å². The number of methoxy groups -OCH3 is 1. The number of nitrogens with two attached hydrogens (primary N) is 1. The lowest BCUT2D eigenvalue weighted by molar-refractivity contribution is 0.403. The summed E-state index contributed by atoms with van der Waals surface area (Å²) in [6.45, 7) is 1.82. The fourth-order valence-electron chi connectivity index (χ4n) is 1.34. The first-order valence-corrected chi connectivity index (χ1v) is 8.21. The van der Waals surface area contributed by atoms with Crippen LogP contribution in [-0.4, -0.2) is 30.5 Å². The average Bonchev–Trinajstić information content (AvgIpc) is 2.27. The molecular formula is C9H15N3O5S2. The summed E-state index contributed by atoms with van der Waals surface area (Å²) in [6.07, 6.45) is 0. The molecule has 19 heavy (non-hydrogen) atoms. The SMILES string of the molecule is CCNS(=O)(=O)Nc1ccc(OC)c(S(N)(=O)=O)c1. The van der Waals surface area contributed by atoms with Gasteiger partial charge in [0, 0.05) is 6.54 Å². The number of anilines is 1. The molecule has 1 aromatic rings. The number of hydrogen-bond acceptors (Lipinski definition) is 5. The maximum absolute atomic E-state index is 11.5. The molecule has 0 radical (unpaired) electrons. The van der Waals surface area contributed by atoms with E-state index < -0.39 is 20.2 Å². The lowest BCUT2D eigenvalue weighted by Gasteiger charge is -2.11. The lowest BCUT2D eigenvalue weighted by atomic mass is 10.3. The van der Waals surface area contributed by atoms with Gasteiger partial charge in [-0.15, -0.1) is 0 Å². The standard InChI is InChI=1S/C9H15N3O5S2/c1-3-11-19(15,16)12-7-4-5-8(17-2)9(6-7)18(10,13)14/h4-6,11-12H,3H2,1-2H3,(H2,10,13,14). The van der Waals surface area contributed by atoms with Crippen molar-refractivity contribution in [3.05, 3.63) is 18.2 Å². The van der Waals surface area contributed by atoms with Crippen LogP contribution in [0.15, 0.2) is 23.1 Å². The zero-order chi connectivity index (χ0) is 14.7. The maximum atomic E-state index is 11.5. The molecule has 0 aliphatic rings. The van der Waals surface area contributed by atoms with Crippen molar-refractivity contribution >= 4 is 25.9 Å². The largest absolute Gasteiger partial charge is 0.495 e. The Hall–Kier alpha value is -1.36. The van der Waals surface area contributed by atoms with Crippen LogP contribution in [0.4, 0.5) is 5.69 Å². The van der Waals surface area contributed by atoms with E-state index in [0.717, 1.165) is 6.07 Å². The highest BCUT2D eigenvalue weighted by atomic mass is 32.2. The highest BCUT2D eigenvalue weighted by Gasteiger charge is 2.17. The summed E-state index contributed by atoms with van der Waals surface area (Å²) in [6, 6.07) is 3.76. The maximum Gasteiger partial charge on any atom is 0.299 e. The Labute approximate surface area is 112 Å². The molecule has 0 spiro atoms. The highest BCUT2D eigenvalue weighted by molar-refractivity contribution is 7.90. The van der Waals surface area contributed by atoms with Gasteiger partial charge in [-0.05, 0) is 18.2 Å². The summed E-state index contributed by atoms with van der Waals surface area (Å²) in [5.41, 5.74) is 0.0609. The average molecular weight is 309 g/mol. The summed E-state index contributed by atoms with van der Waals surface area (Å²) in [5.74, 6) is 0.0360. The van der Waals surface area contributed by atoms with E-state index >= 15 is 0 Å². The Morgan fingerprint density at radius 2 is 1.89 bits per heavy atom. The third-order valence-electron chi connectivity index (χ3n) is 2.06. The van der Waals surface area contributed by atoms with Gasteiger partial charge in [-0.2, -0.15) is 13.1 Å². The van der Waals surface area contributed by atoms with Crippen LogP contribution in [0.25, 0.3) is 0 Å². The van der Waals surface area contributed by atoms with Crippen LogP contribution in [-0.2, 0) is 20.2 Å². The molecule has 0 heterocycles. The normalized spacial score (nSPS) is 12.2. The molecule has 0 saturated heterocycles. The Kier molecular flexibility index (Phi) is 4.74. The third-order valence-corrected chi connectivity index (χ3v) is 4.16. The molecule has 0 bridgehead atoms. The van der Waals surface area contributed by atoms with E-state index in [2.05, 4.69) is 9.44 Å². The number of benzene rings is 1. The summed E-state index contributed by atoms with van der Waals surface area (Å²) < 4.78 is 54.9. The van der Waals surface area contributed by atoms with Crippen LogP contribution in [0.3, 0.4) is 0 Å². The highest BCUT2D eigenvalue weighted by Crippen LogP contribution is 2.26. The first-order valence-electron chi connectivity index (χ1n) is 5.18. The van der Waals surface area contributed by atoms with Gasteiger partial charge in [-0.25, -0.2) is 13.6 Å². The van der Waals surface area contributed by atoms with Gasteiger partial charge in [0.05, 0.1) is 12.8 Å². The number of rotatable bonds is 6. The molecule has 0 unspecified atom stereocenters. The molecule has 0 amide bonds. The van der Waals surface area contributed by atoms with Gasteiger partial charge in [0.25, 0.3) is 10.2 Å². The summed E-state index contributed by atoms with van der Waals surface area (Å²) >= 11 is 0. The number of ether oxygens (including phenoxy) is 1. The first-order chi connectivity index (χ1) is 8.69. The van der Waals surface area contributed by atoms with Gasteiger partial charge < -0.3 is 4.74 Å².